The lowest BCUT2D eigenvalue weighted by Crippen LogP contribution is -1.85. The molecule has 66 valence electrons. The Morgan fingerprint density at radius 3 is 2.62 bits per heavy atom. The summed E-state index contributed by atoms with van der Waals surface area (Å²) in [6.07, 6.45) is 2.39. The van der Waals surface area contributed by atoms with E-state index in [-0.39, 0.29) is 0 Å². The Morgan fingerprint density at radius 1 is 1.46 bits per heavy atom. The van der Waals surface area contributed by atoms with E-state index in [4.69, 9.17) is 0 Å². The monoisotopic (exact) mass is 237 g/mol. The molecule has 0 atom stereocenters. The molecule has 0 aliphatic rings. The molecule has 0 amide bonds. The molecule has 0 heterocycles. The van der Waals surface area contributed by atoms with Gasteiger partial charge in [0, 0.05) is 15.6 Å². The van der Waals surface area contributed by atoms with Crippen molar-refractivity contribution < 1.29 is 4.79 Å². The molecule has 0 aliphatic carbocycles. The van der Waals surface area contributed by atoms with Gasteiger partial charge in [-0.2, -0.15) is 0 Å². The fourth-order valence-corrected chi connectivity index (χ4v) is 1.55. The van der Waals surface area contributed by atoms with E-state index in [1.54, 1.807) is 18.2 Å². The molecule has 0 spiro atoms. The molecule has 0 aliphatic heterocycles. The van der Waals surface area contributed by atoms with Gasteiger partial charge < -0.3 is 0 Å². The van der Waals surface area contributed by atoms with E-state index >= 15 is 0 Å². The van der Waals surface area contributed by atoms with Gasteiger partial charge in [0.1, 0.15) is 0 Å². The van der Waals surface area contributed by atoms with Crippen LogP contribution in [-0.2, 0) is 0 Å². The van der Waals surface area contributed by atoms with E-state index in [9.17, 15) is 4.79 Å². The van der Waals surface area contributed by atoms with Crippen LogP contribution in [0.25, 0.3) is 6.08 Å². The Balaban J connectivity index is 3.53. The highest BCUT2D eigenvalue weighted by Gasteiger charge is 2.06. The minimum atomic E-state index is 0.521. The van der Waals surface area contributed by atoms with Crippen LogP contribution >= 0.6 is 15.9 Å². The van der Waals surface area contributed by atoms with Crippen LogP contribution in [0.3, 0.4) is 0 Å². The smallest absolute Gasteiger partial charge is 0.152 e. The average molecular weight is 238 g/mol. The maximum atomic E-state index is 10.6. The van der Waals surface area contributed by atoms with Gasteiger partial charge in [-0.1, -0.05) is 28.6 Å². The van der Waals surface area contributed by atoms with Gasteiger partial charge in [-0.05, 0) is 18.9 Å². The summed E-state index contributed by atoms with van der Waals surface area (Å²) in [5, 5.41) is 0. The second-order valence-corrected chi connectivity index (χ2v) is 3.23. The quantitative estimate of drug-likeness (QED) is 0.587. The molecule has 0 aromatic heterocycles. The number of aliphatic imine (C=N–C) groups is 1. The number of halogens is 1. The Labute approximate surface area is 85.1 Å². The first-order valence-electron chi connectivity index (χ1n) is 3.61. The number of rotatable bonds is 3. The second kappa shape index (κ2) is 4.14. The number of carbonyl (C=O) groups excluding carboxylic acids is 1. The van der Waals surface area contributed by atoms with Gasteiger partial charge in [0.2, 0.25) is 0 Å². The maximum absolute atomic E-state index is 10.6. The van der Waals surface area contributed by atoms with Gasteiger partial charge in [-0.3, -0.25) is 9.79 Å². The number of nitrogens with zero attached hydrogens (tertiary/aromatic N) is 1. The molecule has 0 N–H and O–H groups in total. The van der Waals surface area contributed by atoms with Gasteiger partial charge >= 0.3 is 0 Å². The van der Waals surface area contributed by atoms with Gasteiger partial charge in [-0.25, -0.2) is 0 Å². The first kappa shape index (κ1) is 9.86. The van der Waals surface area contributed by atoms with Crippen LogP contribution in [0.2, 0.25) is 0 Å². The molecule has 1 aromatic carbocycles. The second-order valence-electron chi connectivity index (χ2n) is 2.38. The minimum Gasteiger partial charge on any atom is -0.298 e. The van der Waals surface area contributed by atoms with Crippen molar-refractivity contribution in [1.29, 1.82) is 0 Å². The van der Waals surface area contributed by atoms with Crippen LogP contribution in [0, 0.1) is 0 Å². The topological polar surface area (TPSA) is 29.4 Å². The zero-order chi connectivity index (χ0) is 9.84. The lowest BCUT2D eigenvalue weighted by Gasteiger charge is -2.05. The van der Waals surface area contributed by atoms with Gasteiger partial charge in [0.05, 0.1) is 5.69 Å². The standard InChI is InChI=1S/C10H8BrNO/c1-3-8-9(11)5-4-7(6-13)10(8)12-2/h3-6H,1-2H2. The predicted octanol–water partition coefficient (Wildman–Crippen LogP) is 3.24. The highest BCUT2D eigenvalue weighted by molar-refractivity contribution is 9.10. The lowest BCUT2D eigenvalue weighted by atomic mass is 10.1. The van der Waals surface area contributed by atoms with Gasteiger partial charge in [0.25, 0.3) is 0 Å². The predicted molar refractivity (Wildman–Crippen MR) is 58.8 cm³/mol. The molecular weight excluding hydrogens is 230 g/mol. The van der Waals surface area contributed by atoms with Crippen molar-refractivity contribution in [3.05, 3.63) is 34.3 Å². The first-order chi connectivity index (χ1) is 6.24. The van der Waals surface area contributed by atoms with E-state index in [1.165, 1.54) is 0 Å². The third kappa shape index (κ3) is 1.75. The van der Waals surface area contributed by atoms with E-state index in [0.717, 1.165) is 16.3 Å². The average Bonchev–Trinajstić information content (AvgIpc) is 2.17. The highest BCUT2D eigenvalue weighted by atomic mass is 79.9. The van der Waals surface area contributed by atoms with Crippen molar-refractivity contribution in [1.82, 2.24) is 0 Å². The fraction of sp³-hybridized carbons (Fsp3) is 0. The summed E-state index contributed by atoms with van der Waals surface area (Å²) in [4.78, 5) is 14.4. The summed E-state index contributed by atoms with van der Waals surface area (Å²) < 4.78 is 0.857. The Kier molecular flexibility index (Phi) is 3.14. The zero-order valence-electron chi connectivity index (χ0n) is 6.96. The summed E-state index contributed by atoms with van der Waals surface area (Å²) in [5.41, 5.74) is 1.88. The van der Waals surface area contributed by atoms with Crippen molar-refractivity contribution >= 4 is 40.7 Å². The van der Waals surface area contributed by atoms with Crippen LogP contribution in [0.4, 0.5) is 5.69 Å². The first-order valence-corrected chi connectivity index (χ1v) is 4.40. The molecular formula is C10H8BrNO. The SMILES string of the molecule is C=Cc1c(Br)ccc(C=O)c1N=C. The molecule has 0 bridgehead atoms. The molecule has 1 aromatic rings. The number of hydrogen-bond donors (Lipinski definition) is 0. The normalized spacial score (nSPS) is 9.31. The third-order valence-electron chi connectivity index (χ3n) is 1.68. The molecule has 1 rings (SSSR count). The molecule has 0 saturated heterocycles. The van der Waals surface area contributed by atoms with Crippen molar-refractivity contribution in [2.24, 2.45) is 4.99 Å². The number of carbonyl (C=O) groups is 1. The Bertz CT molecular complexity index is 371. The van der Waals surface area contributed by atoms with E-state index in [2.05, 4.69) is 34.2 Å². The Hall–Kier alpha value is -1.22. The van der Waals surface area contributed by atoms with Crippen LogP contribution in [0.15, 0.2) is 28.2 Å². The van der Waals surface area contributed by atoms with E-state index < -0.39 is 0 Å². The summed E-state index contributed by atoms with van der Waals surface area (Å²) in [6, 6.07) is 3.48. The van der Waals surface area contributed by atoms with Crippen LogP contribution in [0.1, 0.15) is 15.9 Å². The molecule has 13 heavy (non-hydrogen) atoms. The molecule has 3 heteroatoms. The number of hydrogen-bond acceptors (Lipinski definition) is 2. The van der Waals surface area contributed by atoms with E-state index in [1.807, 2.05) is 0 Å². The molecule has 0 saturated carbocycles. The minimum absolute atomic E-state index is 0.521. The van der Waals surface area contributed by atoms with Crippen LogP contribution in [0.5, 0.6) is 0 Å². The number of aldehydes is 1. The zero-order valence-corrected chi connectivity index (χ0v) is 8.54. The van der Waals surface area contributed by atoms with Crippen molar-refractivity contribution in [3.63, 3.8) is 0 Å². The van der Waals surface area contributed by atoms with Gasteiger partial charge in [0.15, 0.2) is 6.29 Å². The fourth-order valence-electron chi connectivity index (χ4n) is 1.07. The van der Waals surface area contributed by atoms with E-state index in [0.29, 0.717) is 11.3 Å². The van der Waals surface area contributed by atoms with Gasteiger partial charge in [-0.15, -0.1) is 0 Å². The third-order valence-corrected chi connectivity index (χ3v) is 2.38. The lowest BCUT2D eigenvalue weighted by molar-refractivity contribution is 0.112. The van der Waals surface area contributed by atoms with Crippen LogP contribution < -0.4 is 0 Å². The summed E-state index contributed by atoms with van der Waals surface area (Å²) in [5.74, 6) is 0. The van der Waals surface area contributed by atoms with Crippen LogP contribution in [-0.4, -0.2) is 13.0 Å². The largest absolute Gasteiger partial charge is 0.298 e. The highest BCUT2D eigenvalue weighted by Crippen LogP contribution is 2.30. The number of benzene rings is 1. The summed E-state index contributed by atoms with van der Waals surface area (Å²) in [6.45, 7) is 7.05. The summed E-state index contributed by atoms with van der Waals surface area (Å²) in [7, 11) is 0. The molecule has 0 unspecified atom stereocenters. The molecule has 0 fully saturated rings. The Morgan fingerprint density at radius 2 is 2.15 bits per heavy atom. The van der Waals surface area contributed by atoms with Crippen molar-refractivity contribution in [2.45, 2.75) is 0 Å². The van der Waals surface area contributed by atoms with Crippen molar-refractivity contribution in [2.75, 3.05) is 0 Å². The maximum Gasteiger partial charge on any atom is 0.152 e. The molecule has 2 nitrogen and oxygen atoms in total. The summed E-state index contributed by atoms with van der Waals surface area (Å²) >= 11 is 3.34. The molecule has 0 radical (unpaired) electrons. The van der Waals surface area contributed by atoms with Crippen molar-refractivity contribution in [3.8, 4) is 0 Å².